The minimum atomic E-state index is -4.76. The van der Waals surface area contributed by atoms with Gasteiger partial charge in [0.15, 0.2) is 0 Å². The van der Waals surface area contributed by atoms with Crippen LogP contribution in [-0.2, 0) is 11.0 Å². The van der Waals surface area contributed by atoms with Gasteiger partial charge in [0, 0.05) is 37.6 Å². The van der Waals surface area contributed by atoms with Crippen LogP contribution in [0.15, 0.2) is 12.3 Å². The van der Waals surface area contributed by atoms with Gasteiger partial charge in [-0.1, -0.05) is 0 Å². The molecule has 2 heterocycles. The normalized spacial score (nSPS) is 14.1. The largest absolute Gasteiger partial charge is 0.417 e. The second-order valence-electron chi connectivity index (χ2n) is 5.90. The standard InChI is InChI=1S/C17H19F3N6O2/c18-17(19,20)13-6-14(25-16(12(13)8-22)26-3-1-4-26)11(7-21)9-23-10-15(28)24-2-5-27/h6-7,9,21,23,27H,1-5,10H2,(H,24,28)/b11-9+,21-7?. The molecule has 28 heavy (non-hydrogen) atoms. The van der Waals surface area contributed by atoms with Crippen LogP contribution >= 0.6 is 0 Å². The summed E-state index contributed by atoms with van der Waals surface area (Å²) < 4.78 is 40.4. The van der Waals surface area contributed by atoms with E-state index in [1.54, 1.807) is 11.0 Å². The fourth-order valence-electron chi connectivity index (χ4n) is 2.47. The van der Waals surface area contributed by atoms with Gasteiger partial charge < -0.3 is 26.0 Å². The zero-order valence-electron chi connectivity index (χ0n) is 14.8. The second-order valence-corrected chi connectivity index (χ2v) is 5.90. The molecule has 0 saturated carbocycles. The van der Waals surface area contributed by atoms with E-state index in [4.69, 9.17) is 10.5 Å². The molecule has 1 aliphatic rings. The van der Waals surface area contributed by atoms with Crippen LogP contribution in [0.3, 0.4) is 0 Å². The van der Waals surface area contributed by atoms with Gasteiger partial charge in [0.25, 0.3) is 0 Å². The number of carbonyl (C=O) groups is 1. The summed E-state index contributed by atoms with van der Waals surface area (Å²) in [7, 11) is 0. The van der Waals surface area contributed by atoms with E-state index in [0.717, 1.165) is 18.7 Å². The lowest BCUT2D eigenvalue weighted by molar-refractivity contribution is -0.137. The zero-order valence-corrected chi connectivity index (χ0v) is 14.8. The van der Waals surface area contributed by atoms with E-state index in [1.807, 2.05) is 0 Å². The molecule has 150 valence electrons. The third kappa shape index (κ3) is 4.98. The fourth-order valence-corrected chi connectivity index (χ4v) is 2.47. The summed E-state index contributed by atoms with van der Waals surface area (Å²) >= 11 is 0. The summed E-state index contributed by atoms with van der Waals surface area (Å²) in [5, 5.41) is 30.4. The Hall–Kier alpha value is -3.13. The van der Waals surface area contributed by atoms with E-state index in [2.05, 4.69) is 15.6 Å². The molecule has 0 aromatic carbocycles. The van der Waals surface area contributed by atoms with Crippen molar-refractivity contribution in [2.75, 3.05) is 37.7 Å². The van der Waals surface area contributed by atoms with Gasteiger partial charge in [-0.25, -0.2) is 4.98 Å². The van der Waals surface area contributed by atoms with Gasteiger partial charge in [-0.3, -0.25) is 4.79 Å². The highest BCUT2D eigenvalue weighted by molar-refractivity contribution is 6.07. The molecule has 1 aromatic rings. The number of nitriles is 1. The summed E-state index contributed by atoms with van der Waals surface area (Å²) in [6, 6.07) is 2.32. The highest BCUT2D eigenvalue weighted by atomic mass is 19.4. The van der Waals surface area contributed by atoms with Crippen molar-refractivity contribution < 1.29 is 23.1 Å². The first kappa shape index (κ1) is 21.2. The molecule has 0 bridgehead atoms. The Bertz CT molecular complexity index is 812. The summed E-state index contributed by atoms with van der Waals surface area (Å²) in [6.07, 6.45) is -1.95. The van der Waals surface area contributed by atoms with Crippen LogP contribution < -0.4 is 15.5 Å². The highest BCUT2D eigenvalue weighted by Crippen LogP contribution is 2.37. The zero-order chi connectivity index (χ0) is 20.7. The number of amides is 1. The Morgan fingerprint density at radius 1 is 1.46 bits per heavy atom. The lowest BCUT2D eigenvalue weighted by atomic mass is 10.0. The van der Waals surface area contributed by atoms with Gasteiger partial charge >= 0.3 is 6.18 Å². The lowest BCUT2D eigenvalue weighted by Crippen LogP contribution is -2.38. The van der Waals surface area contributed by atoms with Gasteiger partial charge in [-0.15, -0.1) is 0 Å². The minimum absolute atomic E-state index is 0.0201. The quantitative estimate of drug-likeness (QED) is 0.483. The second kappa shape index (κ2) is 9.18. The molecule has 0 unspecified atom stereocenters. The van der Waals surface area contributed by atoms with Crippen molar-refractivity contribution in [2.24, 2.45) is 0 Å². The van der Waals surface area contributed by atoms with Gasteiger partial charge in [-0.05, 0) is 12.5 Å². The molecule has 1 aromatic heterocycles. The first-order valence-electron chi connectivity index (χ1n) is 8.41. The van der Waals surface area contributed by atoms with E-state index in [-0.39, 0.29) is 36.8 Å². The van der Waals surface area contributed by atoms with Crippen LogP contribution in [0.25, 0.3) is 5.57 Å². The fraction of sp³-hybridized carbons (Fsp3) is 0.412. The number of hydrogen-bond acceptors (Lipinski definition) is 7. The highest BCUT2D eigenvalue weighted by Gasteiger charge is 2.37. The van der Waals surface area contributed by atoms with Crippen molar-refractivity contribution in [3.8, 4) is 6.07 Å². The summed E-state index contributed by atoms with van der Waals surface area (Å²) in [6.45, 7) is 0.651. The number of nitrogens with one attached hydrogen (secondary N) is 3. The molecule has 11 heteroatoms. The number of aromatic nitrogens is 1. The van der Waals surface area contributed by atoms with Crippen molar-refractivity contribution in [3.05, 3.63) is 29.1 Å². The predicted molar refractivity (Wildman–Crippen MR) is 95.6 cm³/mol. The van der Waals surface area contributed by atoms with Crippen LogP contribution in [0, 0.1) is 16.7 Å². The number of halogens is 3. The van der Waals surface area contributed by atoms with Crippen LogP contribution in [0.1, 0.15) is 23.2 Å². The third-order valence-electron chi connectivity index (χ3n) is 3.98. The van der Waals surface area contributed by atoms with Crippen molar-refractivity contribution in [1.29, 1.82) is 10.7 Å². The Balaban J connectivity index is 2.36. The Kier molecular flexibility index (Phi) is 6.94. The number of aliphatic hydroxyl groups is 1. The molecular weight excluding hydrogens is 377 g/mol. The molecule has 1 amide bonds. The molecule has 0 atom stereocenters. The number of carbonyl (C=O) groups excluding carboxylic acids is 1. The Morgan fingerprint density at radius 2 is 2.18 bits per heavy atom. The van der Waals surface area contributed by atoms with Crippen molar-refractivity contribution in [2.45, 2.75) is 12.6 Å². The molecule has 1 fully saturated rings. The SMILES string of the molecule is N#Cc1c(C(F)(F)F)cc(/C(C=N)=C/NCC(=O)NCCO)nc1N1CCC1. The molecule has 0 spiro atoms. The van der Waals surface area contributed by atoms with Gasteiger partial charge in [0.1, 0.15) is 17.5 Å². The number of hydrogen-bond donors (Lipinski definition) is 4. The van der Waals surface area contributed by atoms with E-state index in [0.29, 0.717) is 13.1 Å². The number of allylic oxidation sites excluding steroid dienone is 1. The van der Waals surface area contributed by atoms with E-state index >= 15 is 0 Å². The Labute approximate surface area is 159 Å². The molecule has 8 nitrogen and oxygen atoms in total. The number of anilines is 1. The predicted octanol–water partition coefficient (Wildman–Crippen LogP) is 0.871. The monoisotopic (exact) mass is 396 g/mol. The van der Waals surface area contributed by atoms with Crippen LogP contribution in [0.5, 0.6) is 0 Å². The maximum atomic E-state index is 13.5. The molecule has 0 radical (unpaired) electrons. The number of pyridine rings is 1. The first-order chi connectivity index (χ1) is 13.3. The molecule has 0 aliphatic carbocycles. The van der Waals surface area contributed by atoms with Gasteiger partial charge in [0.2, 0.25) is 5.91 Å². The smallest absolute Gasteiger partial charge is 0.395 e. The van der Waals surface area contributed by atoms with E-state index in [9.17, 15) is 23.2 Å². The van der Waals surface area contributed by atoms with Crippen LogP contribution in [0.4, 0.5) is 19.0 Å². The average molecular weight is 396 g/mol. The average Bonchev–Trinajstić information content (AvgIpc) is 2.60. The van der Waals surface area contributed by atoms with Crippen molar-refractivity contribution in [1.82, 2.24) is 15.6 Å². The van der Waals surface area contributed by atoms with Crippen LogP contribution in [-0.4, -0.2) is 55.0 Å². The minimum Gasteiger partial charge on any atom is -0.395 e. The summed E-state index contributed by atoms with van der Waals surface area (Å²) in [4.78, 5) is 17.2. The van der Waals surface area contributed by atoms with Gasteiger partial charge in [-0.2, -0.15) is 18.4 Å². The maximum Gasteiger partial charge on any atom is 0.417 e. The van der Waals surface area contributed by atoms with Crippen molar-refractivity contribution >= 4 is 23.5 Å². The number of aliphatic hydroxyl groups excluding tert-OH is 1. The topological polar surface area (TPSA) is 125 Å². The number of rotatable bonds is 8. The maximum absolute atomic E-state index is 13.5. The number of nitrogens with zero attached hydrogens (tertiary/aromatic N) is 3. The van der Waals surface area contributed by atoms with Crippen molar-refractivity contribution in [3.63, 3.8) is 0 Å². The molecular formula is C17H19F3N6O2. The van der Waals surface area contributed by atoms with E-state index in [1.165, 1.54) is 6.20 Å². The molecule has 4 N–H and O–H groups in total. The molecule has 1 aliphatic heterocycles. The third-order valence-corrected chi connectivity index (χ3v) is 3.98. The Morgan fingerprint density at radius 3 is 2.68 bits per heavy atom. The summed E-state index contributed by atoms with van der Waals surface area (Å²) in [5.41, 5.74) is -1.77. The molecule has 1 saturated heterocycles. The lowest BCUT2D eigenvalue weighted by Gasteiger charge is -2.33. The number of alkyl halides is 3. The first-order valence-corrected chi connectivity index (χ1v) is 8.41. The summed E-state index contributed by atoms with van der Waals surface area (Å²) in [5.74, 6) is -0.494. The van der Waals surface area contributed by atoms with Gasteiger partial charge in [0.05, 0.1) is 24.4 Å². The molecule has 2 rings (SSSR count). The van der Waals surface area contributed by atoms with E-state index < -0.39 is 23.2 Å². The van der Waals surface area contributed by atoms with Crippen LogP contribution in [0.2, 0.25) is 0 Å².